The third kappa shape index (κ3) is 4.49. The molecule has 0 aliphatic heterocycles. The van der Waals surface area contributed by atoms with Gasteiger partial charge in [0, 0.05) is 11.8 Å². The number of aromatic nitrogens is 1. The van der Waals surface area contributed by atoms with Gasteiger partial charge in [0.25, 0.3) is 5.56 Å². The molecule has 0 saturated carbocycles. The second kappa shape index (κ2) is 6.74. The Bertz CT molecular complexity index is 890. The number of Topliss-reactive ketones (excluding diaryl/α,β-unsaturated/α-hetero) is 1. The highest BCUT2D eigenvalue weighted by molar-refractivity contribution is 7.91. The average Bonchev–Trinajstić information content (AvgIpc) is 2.45. The molecule has 0 aliphatic carbocycles. The van der Waals surface area contributed by atoms with E-state index in [1.54, 1.807) is 0 Å². The van der Waals surface area contributed by atoms with Gasteiger partial charge in [-0.1, -0.05) is 18.2 Å². The second-order valence-electron chi connectivity index (χ2n) is 5.01. The number of halogens is 1. The third-order valence-electron chi connectivity index (χ3n) is 2.98. The fourth-order valence-electron chi connectivity index (χ4n) is 2.00. The number of nitrogens with one attached hydrogen (secondary N) is 1. The minimum Gasteiger partial charge on any atom is -0.306 e. The van der Waals surface area contributed by atoms with Gasteiger partial charge in [-0.2, -0.15) is 0 Å². The van der Waals surface area contributed by atoms with Crippen LogP contribution in [0.2, 0.25) is 0 Å². The van der Waals surface area contributed by atoms with Crippen LogP contribution < -0.4 is 10.3 Å². The van der Waals surface area contributed by atoms with Crippen molar-refractivity contribution < 1.29 is 17.6 Å². The van der Waals surface area contributed by atoms with Gasteiger partial charge in [0.1, 0.15) is 17.3 Å². The molecular formula is C15H15FN2O4S. The number of hydrogen-bond donors (Lipinski definition) is 1. The maximum absolute atomic E-state index is 13.6. The van der Waals surface area contributed by atoms with Crippen LogP contribution >= 0.6 is 0 Å². The van der Waals surface area contributed by atoms with Gasteiger partial charge in [0.2, 0.25) is 10.0 Å². The van der Waals surface area contributed by atoms with E-state index in [-0.39, 0.29) is 23.6 Å². The van der Waals surface area contributed by atoms with Crippen molar-refractivity contribution in [2.75, 3.05) is 4.72 Å². The molecule has 1 heterocycles. The first kappa shape index (κ1) is 16.9. The number of anilines is 1. The normalized spacial score (nSPS) is 11.2. The van der Waals surface area contributed by atoms with Crippen LogP contribution in [0.5, 0.6) is 0 Å². The molecule has 2 rings (SSSR count). The van der Waals surface area contributed by atoms with E-state index in [2.05, 4.69) is 4.72 Å². The van der Waals surface area contributed by atoms with Crippen LogP contribution in [-0.4, -0.2) is 18.8 Å². The summed E-state index contributed by atoms with van der Waals surface area (Å²) in [5.74, 6) is -1.47. The zero-order valence-corrected chi connectivity index (χ0v) is 13.1. The number of benzene rings is 1. The lowest BCUT2D eigenvalue weighted by molar-refractivity contribution is -0.117. The van der Waals surface area contributed by atoms with Crippen LogP contribution in [-0.2, 0) is 27.1 Å². The van der Waals surface area contributed by atoms with Crippen molar-refractivity contribution >= 4 is 21.5 Å². The summed E-state index contributed by atoms with van der Waals surface area (Å²) < 4.78 is 41.0. The van der Waals surface area contributed by atoms with Gasteiger partial charge < -0.3 is 4.57 Å². The smallest absolute Gasteiger partial charge is 0.275 e. The Morgan fingerprint density at radius 2 is 1.91 bits per heavy atom. The number of pyridine rings is 1. The van der Waals surface area contributed by atoms with Crippen LogP contribution in [0.25, 0.3) is 0 Å². The first-order valence-corrected chi connectivity index (χ1v) is 8.36. The van der Waals surface area contributed by atoms with E-state index in [1.165, 1.54) is 43.5 Å². The summed E-state index contributed by atoms with van der Waals surface area (Å²) in [5, 5.41) is 0. The van der Waals surface area contributed by atoms with Gasteiger partial charge in [-0.25, -0.2) is 12.8 Å². The quantitative estimate of drug-likeness (QED) is 0.865. The fraction of sp³-hybridized carbons (Fsp3) is 0.200. The van der Waals surface area contributed by atoms with E-state index in [1.807, 2.05) is 0 Å². The minimum absolute atomic E-state index is 0.00000685. The largest absolute Gasteiger partial charge is 0.306 e. The van der Waals surface area contributed by atoms with Gasteiger partial charge in [0.15, 0.2) is 0 Å². The van der Waals surface area contributed by atoms with Gasteiger partial charge in [0.05, 0.1) is 12.3 Å². The Morgan fingerprint density at radius 1 is 1.22 bits per heavy atom. The summed E-state index contributed by atoms with van der Waals surface area (Å²) in [6, 6.07) is 8.23. The molecule has 0 spiro atoms. The number of sulfonamides is 1. The Labute approximate surface area is 132 Å². The zero-order chi connectivity index (χ0) is 17.0. The average molecular weight is 338 g/mol. The molecular weight excluding hydrogens is 323 g/mol. The molecule has 0 radical (unpaired) electrons. The second-order valence-corrected chi connectivity index (χ2v) is 6.73. The van der Waals surface area contributed by atoms with Crippen molar-refractivity contribution in [2.24, 2.45) is 0 Å². The molecule has 0 unspecified atom stereocenters. The third-order valence-corrected chi connectivity index (χ3v) is 4.20. The molecule has 8 heteroatoms. The predicted molar refractivity (Wildman–Crippen MR) is 84.0 cm³/mol. The summed E-state index contributed by atoms with van der Waals surface area (Å²) in [5.41, 5.74) is -0.829. The highest BCUT2D eigenvalue weighted by Crippen LogP contribution is 2.12. The lowest BCUT2D eigenvalue weighted by atomic mass is 10.2. The summed E-state index contributed by atoms with van der Waals surface area (Å²) in [6.45, 7) is 1.17. The zero-order valence-electron chi connectivity index (χ0n) is 12.3. The van der Waals surface area contributed by atoms with E-state index >= 15 is 0 Å². The number of nitrogens with zero attached hydrogens (tertiary/aromatic N) is 1. The minimum atomic E-state index is -3.97. The number of ketones is 1. The molecule has 0 aliphatic rings. The van der Waals surface area contributed by atoms with E-state index in [9.17, 15) is 22.4 Å². The molecule has 1 N–H and O–H groups in total. The van der Waals surface area contributed by atoms with Crippen LogP contribution in [0, 0.1) is 5.82 Å². The predicted octanol–water partition coefficient (Wildman–Crippen LogP) is 1.52. The van der Waals surface area contributed by atoms with Crippen LogP contribution in [0.1, 0.15) is 12.5 Å². The van der Waals surface area contributed by atoms with Crippen LogP contribution in [0.15, 0.2) is 47.4 Å². The van der Waals surface area contributed by atoms with E-state index < -0.39 is 27.2 Å². The molecule has 2 aromatic rings. The van der Waals surface area contributed by atoms with Gasteiger partial charge in [-0.05, 0) is 25.1 Å². The number of hydrogen-bond acceptors (Lipinski definition) is 4. The molecule has 0 amide bonds. The molecule has 1 aromatic heterocycles. The maximum atomic E-state index is 13.6. The van der Waals surface area contributed by atoms with Crippen molar-refractivity contribution in [2.45, 2.75) is 19.2 Å². The Morgan fingerprint density at radius 3 is 2.57 bits per heavy atom. The molecule has 0 saturated heterocycles. The number of carbonyl (C=O) groups excluding carboxylic acids is 1. The maximum Gasteiger partial charge on any atom is 0.275 e. The lowest BCUT2D eigenvalue weighted by Gasteiger charge is -2.10. The Kier molecular flexibility index (Phi) is 4.95. The highest BCUT2D eigenvalue weighted by atomic mass is 32.2. The highest BCUT2D eigenvalue weighted by Gasteiger charge is 2.16. The van der Waals surface area contributed by atoms with Crippen LogP contribution in [0.3, 0.4) is 0 Å². The summed E-state index contributed by atoms with van der Waals surface area (Å²) in [7, 11) is -3.97. The summed E-state index contributed by atoms with van der Waals surface area (Å²) in [6.07, 6.45) is 1.39. The monoisotopic (exact) mass is 338 g/mol. The molecule has 23 heavy (non-hydrogen) atoms. The molecule has 0 bridgehead atoms. The van der Waals surface area contributed by atoms with Crippen molar-refractivity contribution in [1.82, 2.24) is 4.57 Å². The van der Waals surface area contributed by atoms with E-state index in [0.717, 1.165) is 10.6 Å². The Balaban J connectivity index is 2.26. The Hall–Kier alpha value is -2.48. The number of rotatable bonds is 6. The molecule has 0 fully saturated rings. The standard InChI is InChI=1S/C15H15FN2O4S/c1-11(19)9-18-8-4-7-14(15(18)20)17-23(21,22)10-12-5-2-3-6-13(12)16/h2-8,17H,9-10H2,1H3. The number of carbonyl (C=O) groups is 1. The molecule has 122 valence electrons. The molecule has 6 nitrogen and oxygen atoms in total. The van der Waals surface area contributed by atoms with Crippen molar-refractivity contribution in [3.05, 3.63) is 64.3 Å². The van der Waals surface area contributed by atoms with Crippen molar-refractivity contribution in [1.29, 1.82) is 0 Å². The van der Waals surface area contributed by atoms with Crippen LogP contribution in [0.4, 0.5) is 10.1 Å². The summed E-state index contributed by atoms with van der Waals surface area (Å²) >= 11 is 0. The van der Waals surface area contributed by atoms with Crippen molar-refractivity contribution in [3.8, 4) is 0 Å². The van der Waals surface area contributed by atoms with E-state index in [4.69, 9.17) is 0 Å². The molecule has 0 atom stereocenters. The topological polar surface area (TPSA) is 85.2 Å². The SMILES string of the molecule is CC(=O)Cn1cccc(NS(=O)(=O)Cc2ccccc2F)c1=O. The first-order valence-electron chi connectivity index (χ1n) is 6.71. The lowest BCUT2D eigenvalue weighted by Crippen LogP contribution is -2.27. The van der Waals surface area contributed by atoms with Gasteiger partial charge in [-0.15, -0.1) is 0 Å². The van der Waals surface area contributed by atoms with E-state index in [0.29, 0.717) is 0 Å². The summed E-state index contributed by atoms with van der Waals surface area (Å²) in [4.78, 5) is 23.2. The molecule has 1 aromatic carbocycles. The van der Waals surface area contributed by atoms with Gasteiger partial charge in [-0.3, -0.25) is 14.3 Å². The van der Waals surface area contributed by atoms with Gasteiger partial charge >= 0.3 is 0 Å². The fourth-order valence-corrected chi connectivity index (χ4v) is 3.21. The first-order chi connectivity index (χ1) is 10.8. The van der Waals surface area contributed by atoms with Crippen molar-refractivity contribution in [3.63, 3.8) is 0 Å².